The van der Waals surface area contributed by atoms with Crippen molar-refractivity contribution in [1.82, 2.24) is 0 Å². The van der Waals surface area contributed by atoms with Gasteiger partial charge in [0, 0.05) is 0 Å². The van der Waals surface area contributed by atoms with E-state index in [2.05, 4.69) is 14.0 Å². The maximum Gasteiger partial charge on any atom is 0.105 e. The lowest BCUT2D eigenvalue weighted by Gasteiger charge is -2.40. The van der Waals surface area contributed by atoms with Crippen molar-refractivity contribution in [2.24, 2.45) is 0 Å². The molecule has 2 atom stereocenters. The minimum Gasteiger partial charge on any atom is -1.00 e. The Bertz CT molecular complexity index is 237. The van der Waals surface area contributed by atoms with Crippen molar-refractivity contribution < 1.29 is 26.6 Å². The van der Waals surface area contributed by atoms with Crippen molar-refractivity contribution in [2.75, 3.05) is 26.7 Å². The maximum atomic E-state index is 9.79. The topological polar surface area (TPSA) is 20.2 Å². The number of rotatable bonds is 11. The van der Waals surface area contributed by atoms with E-state index >= 15 is 0 Å². The molecule has 1 aliphatic heterocycles. The van der Waals surface area contributed by atoms with Gasteiger partial charge in [-0.3, -0.25) is 0 Å². The van der Waals surface area contributed by atoms with Gasteiger partial charge in [0.1, 0.15) is 12.6 Å². The van der Waals surface area contributed by atoms with Crippen LogP contribution in [0.1, 0.15) is 84.0 Å². The van der Waals surface area contributed by atoms with E-state index in [1.807, 2.05) is 0 Å². The van der Waals surface area contributed by atoms with E-state index in [-0.39, 0.29) is 23.1 Å². The van der Waals surface area contributed by atoms with E-state index < -0.39 is 0 Å². The standard InChI is InChI=1S/C18H38NO.BrH/c1-3-4-5-6-7-8-9-10-11-12-15-19(2)16-13-14-18(20)17-19;/h18,20H,3-17H2,1-2H3;1H/q+1;/p-1. The Balaban J connectivity index is 0.00000400. The van der Waals surface area contributed by atoms with Gasteiger partial charge in [0.05, 0.1) is 20.1 Å². The highest BCUT2D eigenvalue weighted by Gasteiger charge is 2.29. The Morgan fingerprint density at radius 2 is 1.43 bits per heavy atom. The number of nitrogens with zero attached hydrogens (tertiary/aromatic N) is 1. The molecule has 2 unspecified atom stereocenters. The molecule has 1 heterocycles. The van der Waals surface area contributed by atoms with Crippen LogP contribution in [-0.4, -0.2) is 42.4 Å². The molecule has 0 radical (unpaired) electrons. The molecule has 0 aromatic heterocycles. The summed E-state index contributed by atoms with van der Waals surface area (Å²) >= 11 is 0. The first-order valence-corrected chi connectivity index (χ1v) is 9.18. The van der Waals surface area contributed by atoms with Crippen LogP contribution in [0.25, 0.3) is 0 Å². The molecule has 0 bridgehead atoms. The largest absolute Gasteiger partial charge is 1.00 e. The minimum atomic E-state index is -0.0446. The molecule has 1 N–H and O–H groups in total. The molecule has 0 saturated carbocycles. The number of unbranched alkanes of at least 4 members (excludes halogenated alkanes) is 9. The van der Waals surface area contributed by atoms with Gasteiger partial charge in [-0.1, -0.05) is 58.3 Å². The Labute approximate surface area is 143 Å². The van der Waals surface area contributed by atoms with Gasteiger partial charge < -0.3 is 26.6 Å². The van der Waals surface area contributed by atoms with Crippen molar-refractivity contribution in [2.45, 2.75) is 90.1 Å². The number of likely N-dealkylation sites (tertiary alicyclic amines) is 1. The summed E-state index contributed by atoms with van der Waals surface area (Å²) in [4.78, 5) is 0. The molecule has 21 heavy (non-hydrogen) atoms. The second kappa shape index (κ2) is 12.9. The number of halogens is 1. The molecule has 0 amide bonds. The quantitative estimate of drug-likeness (QED) is 0.435. The van der Waals surface area contributed by atoms with E-state index in [1.165, 1.54) is 83.7 Å². The zero-order chi connectivity index (χ0) is 14.7. The molecule has 1 rings (SSSR count). The van der Waals surface area contributed by atoms with E-state index in [1.54, 1.807) is 0 Å². The van der Waals surface area contributed by atoms with Gasteiger partial charge in [-0.25, -0.2) is 0 Å². The van der Waals surface area contributed by atoms with Gasteiger partial charge >= 0.3 is 0 Å². The van der Waals surface area contributed by atoms with Crippen LogP contribution in [0.15, 0.2) is 0 Å². The SMILES string of the molecule is CCCCCCCCCCCC[N+]1(C)CCCC(O)C1.[Br-]. The smallest absolute Gasteiger partial charge is 0.105 e. The summed E-state index contributed by atoms with van der Waals surface area (Å²) < 4.78 is 1.11. The van der Waals surface area contributed by atoms with Gasteiger partial charge in [0.2, 0.25) is 0 Å². The number of likely N-dealkylation sites (N-methyl/N-ethyl adjacent to an activating group) is 1. The fraction of sp³-hybridized carbons (Fsp3) is 1.00. The number of hydrogen-bond acceptors (Lipinski definition) is 1. The van der Waals surface area contributed by atoms with Crippen LogP contribution in [-0.2, 0) is 0 Å². The molecule has 1 aliphatic rings. The van der Waals surface area contributed by atoms with Gasteiger partial charge in [-0.15, -0.1) is 0 Å². The summed E-state index contributed by atoms with van der Waals surface area (Å²) in [6.07, 6.45) is 16.3. The van der Waals surface area contributed by atoms with Crippen molar-refractivity contribution in [3.05, 3.63) is 0 Å². The van der Waals surface area contributed by atoms with Gasteiger partial charge in [0.15, 0.2) is 0 Å². The highest BCUT2D eigenvalue weighted by atomic mass is 79.9. The average molecular weight is 364 g/mol. The molecule has 0 aromatic carbocycles. The Morgan fingerprint density at radius 3 is 1.95 bits per heavy atom. The van der Waals surface area contributed by atoms with Crippen LogP contribution in [0.5, 0.6) is 0 Å². The Morgan fingerprint density at radius 1 is 0.905 bits per heavy atom. The second-order valence-corrected chi connectivity index (χ2v) is 7.23. The summed E-state index contributed by atoms with van der Waals surface area (Å²) in [5.74, 6) is 0. The van der Waals surface area contributed by atoms with Crippen molar-refractivity contribution in [3.63, 3.8) is 0 Å². The Kier molecular flexibility index (Phi) is 13.1. The lowest BCUT2D eigenvalue weighted by atomic mass is 10.0. The number of aliphatic hydroxyl groups is 1. The van der Waals surface area contributed by atoms with Gasteiger partial charge in [0.25, 0.3) is 0 Å². The summed E-state index contributed by atoms with van der Waals surface area (Å²) in [7, 11) is 2.33. The van der Waals surface area contributed by atoms with Crippen LogP contribution in [0.3, 0.4) is 0 Å². The number of hydrogen-bond donors (Lipinski definition) is 1. The minimum absolute atomic E-state index is 0. The van der Waals surface area contributed by atoms with E-state index in [4.69, 9.17) is 0 Å². The van der Waals surface area contributed by atoms with Crippen LogP contribution in [0.2, 0.25) is 0 Å². The summed E-state index contributed by atoms with van der Waals surface area (Å²) in [5.41, 5.74) is 0. The summed E-state index contributed by atoms with van der Waals surface area (Å²) in [6, 6.07) is 0. The first-order chi connectivity index (χ1) is 9.66. The van der Waals surface area contributed by atoms with Gasteiger partial charge in [-0.2, -0.15) is 0 Å². The lowest BCUT2D eigenvalue weighted by Crippen LogP contribution is -3.00. The average Bonchev–Trinajstić information content (AvgIpc) is 2.40. The third-order valence-electron chi connectivity index (χ3n) is 4.94. The molecule has 128 valence electrons. The molecule has 0 aromatic rings. The van der Waals surface area contributed by atoms with Crippen LogP contribution in [0, 0.1) is 0 Å². The third-order valence-corrected chi connectivity index (χ3v) is 4.94. The highest BCUT2D eigenvalue weighted by molar-refractivity contribution is 4.61. The third kappa shape index (κ3) is 10.7. The molecule has 0 aliphatic carbocycles. The van der Waals surface area contributed by atoms with Crippen LogP contribution in [0.4, 0.5) is 0 Å². The first kappa shape index (κ1) is 21.4. The highest BCUT2D eigenvalue weighted by Crippen LogP contribution is 2.18. The molecular weight excluding hydrogens is 326 g/mol. The van der Waals surface area contributed by atoms with Crippen molar-refractivity contribution in [3.8, 4) is 0 Å². The van der Waals surface area contributed by atoms with E-state index in [0.29, 0.717) is 0 Å². The Hall–Kier alpha value is 0.400. The van der Waals surface area contributed by atoms with Gasteiger partial charge in [-0.05, 0) is 25.7 Å². The molecular formula is C18H38BrNO. The normalized spacial score (nSPS) is 25.6. The molecule has 1 saturated heterocycles. The number of quaternary nitrogens is 1. The molecule has 3 heteroatoms. The monoisotopic (exact) mass is 363 g/mol. The maximum absolute atomic E-state index is 9.79. The van der Waals surface area contributed by atoms with Crippen LogP contribution < -0.4 is 17.0 Å². The predicted molar refractivity (Wildman–Crippen MR) is 87.9 cm³/mol. The fourth-order valence-corrected chi connectivity index (χ4v) is 3.58. The predicted octanol–water partition coefficient (Wildman–Crippen LogP) is 1.51. The van der Waals surface area contributed by atoms with Crippen LogP contribution >= 0.6 is 0 Å². The fourth-order valence-electron chi connectivity index (χ4n) is 3.58. The molecule has 0 spiro atoms. The molecule has 1 fully saturated rings. The van der Waals surface area contributed by atoms with E-state index in [0.717, 1.165) is 17.4 Å². The number of piperidine rings is 1. The summed E-state index contributed by atoms with van der Waals surface area (Å²) in [6.45, 7) is 5.81. The number of aliphatic hydroxyl groups excluding tert-OH is 1. The van der Waals surface area contributed by atoms with Crippen molar-refractivity contribution in [1.29, 1.82) is 0 Å². The van der Waals surface area contributed by atoms with Crippen molar-refractivity contribution >= 4 is 0 Å². The zero-order valence-electron chi connectivity index (χ0n) is 14.5. The second-order valence-electron chi connectivity index (χ2n) is 7.23. The zero-order valence-corrected chi connectivity index (χ0v) is 16.0. The lowest BCUT2D eigenvalue weighted by molar-refractivity contribution is -0.917. The summed E-state index contributed by atoms with van der Waals surface area (Å²) in [5, 5.41) is 9.79. The molecule has 2 nitrogen and oxygen atoms in total. The van der Waals surface area contributed by atoms with E-state index in [9.17, 15) is 5.11 Å². The first-order valence-electron chi connectivity index (χ1n) is 9.18.